The highest BCUT2D eigenvalue weighted by Gasteiger charge is 2.29. The zero-order valence-corrected chi connectivity index (χ0v) is 21.7. The van der Waals surface area contributed by atoms with E-state index in [4.69, 9.17) is 16.3 Å². The lowest BCUT2D eigenvalue weighted by atomic mass is 10.0. The largest absolute Gasteiger partial charge is 0.483 e. The minimum atomic E-state index is -0.628. The Kier molecular flexibility index (Phi) is 10.0. The maximum atomic E-state index is 13.3. The normalized spacial score (nSPS) is 12.0. The third-order valence-electron chi connectivity index (χ3n) is 5.09. The summed E-state index contributed by atoms with van der Waals surface area (Å²) in [5, 5.41) is 3.47. The molecule has 174 valence electrons. The third kappa shape index (κ3) is 7.24. The molecular weight excluding hydrogens is 492 g/mol. The molecule has 5 nitrogen and oxygen atoms in total. The molecule has 0 aliphatic rings. The van der Waals surface area contributed by atoms with Crippen molar-refractivity contribution >= 4 is 39.3 Å². The average molecular weight is 524 g/mol. The van der Waals surface area contributed by atoms with Crippen LogP contribution in [0.2, 0.25) is 5.02 Å². The lowest BCUT2D eigenvalue weighted by molar-refractivity contribution is -0.143. The van der Waals surface area contributed by atoms with Crippen molar-refractivity contribution in [3.05, 3.63) is 63.1 Å². The van der Waals surface area contributed by atoms with Gasteiger partial charge in [-0.15, -0.1) is 0 Å². The van der Waals surface area contributed by atoms with Gasteiger partial charge >= 0.3 is 0 Å². The van der Waals surface area contributed by atoms with Gasteiger partial charge < -0.3 is 15.0 Å². The van der Waals surface area contributed by atoms with Crippen molar-refractivity contribution in [1.82, 2.24) is 10.2 Å². The van der Waals surface area contributed by atoms with Gasteiger partial charge in [0.15, 0.2) is 6.61 Å². The summed E-state index contributed by atoms with van der Waals surface area (Å²) in [6.07, 6.45) is 0.474. The predicted octanol–water partition coefficient (Wildman–Crippen LogP) is 5.94. The first-order valence-electron chi connectivity index (χ1n) is 10.9. The smallest absolute Gasteiger partial charge is 0.261 e. The van der Waals surface area contributed by atoms with Gasteiger partial charge in [-0.2, -0.15) is 0 Å². The second kappa shape index (κ2) is 12.3. The molecule has 32 heavy (non-hydrogen) atoms. The molecule has 7 heteroatoms. The zero-order valence-electron chi connectivity index (χ0n) is 19.3. The number of hydrogen-bond donors (Lipinski definition) is 1. The summed E-state index contributed by atoms with van der Waals surface area (Å²) in [5.41, 5.74) is 1.95. The van der Waals surface area contributed by atoms with E-state index in [1.807, 2.05) is 57.2 Å². The molecule has 1 atom stereocenters. The van der Waals surface area contributed by atoms with Crippen LogP contribution < -0.4 is 10.1 Å². The number of benzene rings is 2. The summed E-state index contributed by atoms with van der Waals surface area (Å²) in [5.74, 6) is 0.499. The van der Waals surface area contributed by atoms with Gasteiger partial charge in [0.05, 0.1) is 4.47 Å². The summed E-state index contributed by atoms with van der Waals surface area (Å²) in [6, 6.07) is 12.5. The van der Waals surface area contributed by atoms with Gasteiger partial charge in [-0.25, -0.2) is 0 Å². The Morgan fingerprint density at radius 1 is 1.12 bits per heavy atom. The molecule has 0 heterocycles. The molecule has 1 N–H and O–H groups in total. The number of carbonyl (C=O) groups is 2. The third-order valence-corrected chi connectivity index (χ3v) is 6.08. The SMILES string of the molecule is CC[C@@H](C(=O)NC(C)C)N(Cc1ccccc1Cl)C(=O)COc1ccc(C(C)C)cc1Br. The van der Waals surface area contributed by atoms with Crippen molar-refractivity contribution in [1.29, 1.82) is 0 Å². The molecule has 0 aliphatic carbocycles. The predicted molar refractivity (Wildman–Crippen MR) is 133 cm³/mol. The van der Waals surface area contributed by atoms with Gasteiger partial charge in [0.25, 0.3) is 5.91 Å². The number of halogens is 2. The first-order chi connectivity index (χ1) is 15.1. The summed E-state index contributed by atoms with van der Waals surface area (Å²) >= 11 is 9.87. The van der Waals surface area contributed by atoms with Gasteiger partial charge in [-0.1, -0.05) is 56.6 Å². The maximum Gasteiger partial charge on any atom is 0.261 e. The molecule has 0 fully saturated rings. The number of hydrogen-bond acceptors (Lipinski definition) is 3. The van der Waals surface area contributed by atoms with Crippen LogP contribution in [0.5, 0.6) is 5.75 Å². The molecule has 0 unspecified atom stereocenters. The number of carbonyl (C=O) groups excluding carboxylic acids is 2. The number of amides is 2. The van der Waals surface area contributed by atoms with E-state index in [-0.39, 0.29) is 31.0 Å². The molecule has 0 radical (unpaired) electrons. The molecule has 2 amide bonds. The Morgan fingerprint density at radius 3 is 2.38 bits per heavy atom. The van der Waals surface area contributed by atoms with Gasteiger partial charge in [-0.3, -0.25) is 9.59 Å². The van der Waals surface area contributed by atoms with Gasteiger partial charge in [0.1, 0.15) is 11.8 Å². The summed E-state index contributed by atoms with van der Waals surface area (Å²) in [7, 11) is 0. The van der Waals surface area contributed by atoms with E-state index >= 15 is 0 Å². The Labute approximate surface area is 204 Å². The van der Waals surface area contributed by atoms with Crippen LogP contribution in [0.4, 0.5) is 0 Å². The highest BCUT2D eigenvalue weighted by molar-refractivity contribution is 9.10. The summed E-state index contributed by atoms with van der Waals surface area (Å²) < 4.78 is 6.63. The molecule has 0 bridgehead atoms. The Balaban J connectivity index is 2.24. The Hall–Kier alpha value is -2.05. The Morgan fingerprint density at radius 2 is 1.81 bits per heavy atom. The number of nitrogens with one attached hydrogen (secondary N) is 1. The van der Waals surface area contributed by atoms with Crippen molar-refractivity contribution < 1.29 is 14.3 Å². The molecule has 2 aromatic carbocycles. The molecule has 0 saturated carbocycles. The van der Waals surface area contributed by atoms with E-state index in [2.05, 4.69) is 35.1 Å². The number of ether oxygens (including phenoxy) is 1. The van der Waals surface area contributed by atoms with E-state index < -0.39 is 6.04 Å². The van der Waals surface area contributed by atoms with E-state index in [1.165, 1.54) is 5.56 Å². The minimum Gasteiger partial charge on any atom is -0.483 e. The maximum absolute atomic E-state index is 13.3. The fourth-order valence-corrected chi connectivity index (χ4v) is 4.03. The molecular formula is C25H32BrClN2O3. The number of rotatable bonds is 10. The average Bonchev–Trinajstić information content (AvgIpc) is 2.73. The number of nitrogens with zero attached hydrogens (tertiary/aromatic N) is 1. The zero-order chi connectivity index (χ0) is 23.8. The minimum absolute atomic E-state index is 0.0273. The van der Waals surface area contributed by atoms with Crippen molar-refractivity contribution in [2.45, 2.75) is 65.6 Å². The van der Waals surface area contributed by atoms with E-state index in [0.29, 0.717) is 23.1 Å². The molecule has 0 aliphatic heterocycles. The van der Waals surface area contributed by atoms with Crippen molar-refractivity contribution in [3.8, 4) is 5.75 Å². The van der Waals surface area contributed by atoms with Gasteiger partial charge in [-0.05, 0) is 71.4 Å². The lowest BCUT2D eigenvalue weighted by Gasteiger charge is -2.31. The molecule has 2 rings (SSSR count). The molecule has 0 spiro atoms. The van der Waals surface area contributed by atoms with Crippen LogP contribution in [0, 0.1) is 0 Å². The van der Waals surface area contributed by atoms with Gasteiger partial charge in [0.2, 0.25) is 5.91 Å². The fraction of sp³-hybridized carbons (Fsp3) is 0.440. The van der Waals surface area contributed by atoms with Crippen LogP contribution in [0.25, 0.3) is 0 Å². The first kappa shape index (κ1) is 26.2. The second-order valence-electron chi connectivity index (χ2n) is 8.33. The lowest BCUT2D eigenvalue weighted by Crippen LogP contribution is -2.51. The Bertz CT molecular complexity index is 933. The van der Waals surface area contributed by atoms with Crippen molar-refractivity contribution in [3.63, 3.8) is 0 Å². The van der Waals surface area contributed by atoms with Gasteiger partial charge in [0, 0.05) is 17.6 Å². The fourth-order valence-electron chi connectivity index (χ4n) is 3.33. The van der Waals surface area contributed by atoms with Crippen LogP contribution in [0.1, 0.15) is 58.1 Å². The van der Waals surface area contributed by atoms with Crippen molar-refractivity contribution in [2.75, 3.05) is 6.61 Å². The second-order valence-corrected chi connectivity index (χ2v) is 9.60. The highest BCUT2D eigenvalue weighted by Crippen LogP contribution is 2.29. The molecule has 2 aromatic rings. The van der Waals surface area contributed by atoms with Crippen LogP contribution in [0.15, 0.2) is 46.9 Å². The monoisotopic (exact) mass is 522 g/mol. The quantitative estimate of drug-likeness (QED) is 0.419. The highest BCUT2D eigenvalue weighted by atomic mass is 79.9. The molecule has 0 saturated heterocycles. The summed E-state index contributed by atoms with van der Waals surface area (Å²) in [4.78, 5) is 27.7. The van der Waals surface area contributed by atoms with E-state index in [9.17, 15) is 9.59 Å². The topological polar surface area (TPSA) is 58.6 Å². The van der Waals surface area contributed by atoms with Crippen molar-refractivity contribution in [2.24, 2.45) is 0 Å². The van der Waals surface area contributed by atoms with E-state index in [1.54, 1.807) is 11.0 Å². The van der Waals surface area contributed by atoms with Crippen LogP contribution in [0.3, 0.4) is 0 Å². The van der Waals surface area contributed by atoms with Crippen LogP contribution in [-0.2, 0) is 16.1 Å². The van der Waals surface area contributed by atoms with Crippen LogP contribution >= 0.6 is 27.5 Å². The van der Waals surface area contributed by atoms with Crippen LogP contribution in [-0.4, -0.2) is 35.4 Å². The summed E-state index contributed by atoms with van der Waals surface area (Å²) in [6.45, 7) is 9.95. The van der Waals surface area contributed by atoms with E-state index in [0.717, 1.165) is 10.0 Å². The standard InChI is InChI=1S/C25H32BrClN2O3/c1-6-22(25(31)28-17(4)5)29(14-19-9-7-8-10-21(19)27)24(30)15-32-23-12-11-18(16(2)3)13-20(23)26/h7-13,16-17,22H,6,14-15H2,1-5H3,(H,28,31)/t22-/m0/s1. The molecule has 0 aromatic heterocycles. The first-order valence-corrected chi connectivity index (χ1v) is 12.1.